The van der Waals surface area contributed by atoms with E-state index in [-0.39, 0.29) is 23.7 Å². The fourth-order valence-electron chi connectivity index (χ4n) is 5.41. The molecule has 9 nitrogen and oxygen atoms in total. The molecule has 0 aromatic carbocycles. The summed E-state index contributed by atoms with van der Waals surface area (Å²) in [6, 6.07) is 10.2. The van der Waals surface area contributed by atoms with E-state index in [1.165, 1.54) is 13.2 Å². The minimum absolute atomic E-state index is 0.0278. The van der Waals surface area contributed by atoms with Gasteiger partial charge < -0.3 is 18.8 Å². The van der Waals surface area contributed by atoms with Crippen molar-refractivity contribution in [3.8, 4) is 5.75 Å². The molecule has 2 aliphatic heterocycles. The summed E-state index contributed by atoms with van der Waals surface area (Å²) in [5.41, 5.74) is 1.14. The highest BCUT2D eigenvalue weighted by Crippen LogP contribution is 2.36. The van der Waals surface area contributed by atoms with E-state index in [1.54, 1.807) is 36.7 Å². The van der Waals surface area contributed by atoms with Gasteiger partial charge in [-0.15, -0.1) is 0 Å². The fraction of sp³-hybridized carbons (Fsp3) is 0.385. The maximum absolute atomic E-state index is 12.7. The minimum Gasteiger partial charge on any atom is -0.502 e. The molecule has 3 aromatic heterocycles. The van der Waals surface area contributed by atoms with Crippen molar-refractivity contribution in [3.05, 3.63) is 92.1 Å². The van der Waals surface area contributed by atoms with Crippen molar-refractivity contribution >= 4 is 5.97 Å². The normalized spacial score (nSPS) is 20.1. The number of carbonyl (C=O) groups is 1. The van der Waals surface area contributed by atoms with E-state index in [1.807, 2.05) is 10.6 Å². The number of nitrogens with zero attached hydrogens (tertiary/aromatic N) is 3. The number of hydrogen-bond donors (Lipinski definition) is 1. The van der Waals surface area contributed by atoms with Gasteiger partial charge in [-0.05, 0) is 30.0 Å². The van der Waals surface area contributed by atoms with Crippen LogP contribution >= 0.6 is 0 Å². The summed E-state index contributed by atoms with van der Waals surface area (Å²) in [5.74, 6) is -0.746. The number of esters is 1. The summed E-state index contributed by atoms with van der Waals surface area (Å²) in [6.45, 7) is 2.55. The first-order valence-electron chi connectivity index (χ1n) is 11.7. The largest absolute Gasteiger partial charge is 0.502 e. The van der Waals surface area contributed by atoms with Gasteiger partial charge in [0.05, 0.1) is 26.0 Å². The lowest BCUT2D eigenvalue weighted by Crippen LogP contribution is -2.46. The van der Waals surface area contributed by atoms with Crippen LogP contribution in [-0.2, 0) is 22.6 Å². The van der Waals surface area contributed by atoms with E-state index in [4.69, 9.17) is 9.15 Å². The van der Waals surface area contributed by atoms with Crippen molar-refractivity contribution in [2.45, 2.75) is 37.8 Å². The molecule has 2 bridgehead atoms. The number of aromatic nitrogens is 2. The van der Waals surface area contributed by atoms with Crippen molar-refractivity contribution < 1.29 is 19.1 Å². The maximum Gasteiger partial charge on any atom is 0.306 e. The Labute approximate surface area is 201 Å². The van der Waals surface area contributed by atoms with Crippen LogP contribution in [0.3, 0.4) is 0 Å². The van der Waals surface area contributed by atoms with Crippen LogP contribution in [0.2, 0.25) is 0 Å². The lowest BCUT2D eigenvalue weighted by atomic mass is 9.83. The van der Waals surface area contributed by atoms with Gasteiger partial charge in [-0.1, -0.05) is 12.1 Å². The van der Waals surface area contributed by atoms with E-state index >= 15 is 0 Å². The third-order valence-electron chi connectivity index (χ3n) is 6.94. The molecule has 2 aliphatic rings. The van der Waals surface area contributed by atoms with E-state index in [0.29, 0.717) is 30.3 Å². The Balaban J connectivity index is 1.44. The number of ether oxygens (including phenoxy) is 1. The van der Waals surface area contributed by atoms with Crippen LogP contribution in [0.4, 0.5) is 0 Å². The van der Waals surface area contributed by atoms with Crippen LogP contribution in [0.5, 0.6) is 5.75 Å². The number of aromatic hydroxyl groups is 1. The maximum atomic E-state index is 12.7. The van der Waals surface area contributed by atoms with Gasteiger partial charge in [0.25, 0.3) is 5.56 Å². The third kappa shape index (κ3) is 4.64. The molecular weight excluding hydrogens is 450 g/mol. The molecule has 1 fully saturated rings. The Hall–Kier alpha value is -3.72. The van der Waals surface area contributed by atoms with Crippen molar-refractivity contribution in [1.82, 2.24) is 14.5 Å². The number of piperidine rings is 1. The highest BCUT2D eigenvalue weighted by molar-refractivity contribution is 5.71. The van der Waals surface area contributed by atoms with Crippen molar-refractivity contribution in [1.29, 1.82) is 0 Å². The average Bonchev–Trinajstić information content (AvgIpc) is 2.86. The topological polar surface area (TPSA) is 115 Å². The standard InChI is InChI=1S/C26H27N3O6/c1-34-24(32)10-20(17-4-3-7-27-11-17)26-25(33)22(30)9-19(35-26)15-28-12-16-8-18(14-28)21-5-2-6-23(31)29(21)13-16/h2-7,9,11,16,18,20,33H,8,10,12-15H2,1H3/t16-,18+,20-/m0/s1. The molecule has 9 heteroatoms. The van der Waals surface area contributed by atoms with Gasteiger partial charge in [0, 0.05) is 55.8 Å². The number of likely N-dealkylation sites (tertiary alicyclic amines) is 1. The summed E-state index contributed by atoms with van der Waals surface area (Å²) in [4.78, 5) is 43.4. The molecular formula is C26H27N3O6. The van der Waals surface area contributed by atoms with Crippen LogP contribution in [0.15, 0.2) is 62.8 Å². The zero-order valence-corrected chi connectivity index (χ0v) is 19.4. The van der Waals surface area contributed by atoms with Crippen molar-refractivity contribution in [2.24, 2.45) is 5.92 Å². The number of rotatable bonds is 6. The monoisotopic (exact) mass is 477 g/mol. The Kier molecular flexibility index (Phi) is 6.25. The predicted molar refractivity (Wildman–Crippen MR) is 126 cm³/mol. The Morgan fingerprint density at radius 2 is 2.09 bits per heavy atom. The lowest BCUT2D eigenvalue weighted by molar-refractivity contribution is -0.140. The summed E-state index contributed by atoms with van der Waals surface area (Å²) < 4.78 is 12.8. The van der Waals surface area contributed by atoms with Gasteiger partial charge in [-0.3, -0.25) is 24.3 Å². The smallest absolute Gasteiger partial charge is 0.306 e. The van der Waals surface area contributed by atoms with E-state index in [0.717, 1.165) is 25.2 Å². The van der Waals surface area contributed by atoms with Crippen LogP contribution < -0.4 is 11.0 Å². The average molecular weight is 478 g/mol. The van der Waals surface area contributed by atoms with Crippen LogP contribution in [0.25, 0.3) is 0 Å². The second kappa shape index (κ2) is 9.50. The predicted octanol–water partition coefficient (Wildman–Crippen LogP) is 2.22. The molecule has 35 heavy (non-hydrogen) atoms. The highest BCUT2D eigenvalue weighted by Gasteiger charge is 2.35. The van der Waals surface area contributed by atoms with Gasteiger partial charge >= 0.3 is 5.97 Å². The lowest BCUT2D eigenvalue weighted by Gasteiger charge is -2.42. The van der Waals surface area contributed by atoms with Crippen LogP contribution in [0, 0.1) is 5.92 Å². The molecule has 0 saturated carbocycles. The van der Waals surface area contributed by atoms with Gasteiger partial charge in [0.1, 0.15) is 5.76 Å². The van der Waals surface area contributed by atoms with E-state index < -0.39 is 23.1 Å². The quantitative estimate of drug-likeness (QED) is 0.538. The SMILES string of the molecule is COC(=O)C[C@@H](c1cccnc1)c1oc(CN2C[C@@H]3C[C@H](C2)c2cccc(=O)n2C3)cc(=O)c1O. The van der Waals surface area contributed by atoms with Gasteiger partial charge in [0.15, 0.2) is 5.76 Å². The molecule has 5 rings (SSSR count). The molecule has 1 saturated heterocycles. The summed E-state index contributed by atoms with van der Waals surface area (Å²) in [7, 11) is 1.29. The molecule has 0 spiro atoms. The Morgan fingerprint density at radius 3 is 2.86 bits per heavy atom. The summed E-state index contributed by atoms with van der Waals surface area (Å²) in [5, 5.41) is 10.6. The van der Waals surface area contributed by atoms with Crippen LogP contribution in [0.1, 0.15) is 47.5 Å². The van der Waals surface area contributed by atoms with Gasteiger partial charge in [0.2, 0.25) is 11.2 Å². The van der Waals surface area contributed by atoms with Crippen LogP contribution in [-0.4, -0.2) is 45.7 Å². The zero-order chi connectivity index (χ0) is 24.5. The van der Waals surface area contributed by atoms with E-state index in [9.17, 15) is 19.5 Å². The number of pyridine rings is 2. The van der Waals surface area contributed by atoms with Gasteiger partial charge in [-0.2, -0.15) is 0 Å². The first-order chi connectivity index (χ1) is 16.9. The second-order valence-corrected chi connectivity index (χ2v) is 9.30. The Morgan fingerprint density at radius 1 is 1.23 bits per heavy atom. The highest BCUT2D eigenvalue weighted by atomic mass is 16.5. The number of carbonyl (C=O) groups excluding carboxylic acids is 1. The zero-order valence-electron chi connectivity index (χ0n) is 19.4. The minimum atomic E-state index is -0.719. The number of hydrogen-bond acceptors (Lipinski definition) is 8. The second-order valence-electron chi connectivity index (χ2n) is 9.30. The number of fused-ring (bicyclic) bond motifs is 4. The molecule has 3 aromatic rings. The number of methoxy groups -OCH3 is 1. The van der Waals surface area contributed by atoms with Crippen molar-refractivity contribution in [3.63, 3.8) is 0 Å². The first-order valence-corrected chi connectivity index (χ1v) is 11.7. The molecule has 5 heterocycles. The molecule has 0 unspecified atom stereocenters. The molecule has 1 N–H and O–H groups in total. The fourth-order valence-corrected chi connectivity index (χ4v) is 5.41. The molecule has 0 amide bonds. The summed E-state index contributed by atoms with van der Waals surface area (Å²) >= 11 is 0. The summed E-state index contributed by atoms with van der Waals surface area (Å²) in [6.07, 6.45) is 4.09. The Bertz CT molecular complexity index is 1350. The van der Waals surface area contributed by atoms with E-state index in [2.05, 4.69) is 9.88 Å². The third-order valence-corrected chi connectivity index (χ3v) is 6.94. The van der Waals surface area contributed by atoms with Gasteiger partial charge in [-0.25, -0.2) is 0 Å². The molecule has 0 radical (unpaired) electrons. The molecule has 0 aliphatic carbocycles. The van der Waals surface area contributed by atoms with Crippen molar-refractivity contribution in [2.75, 3.05) is 20.2 Å². The molecule has 3 atom stereocenters. The first kappa shape index (κ1) is 23.0. The molecule has 182 valence electrons.